The van der Waals surface area contributed by atoms with Gasteiger partial charge >= 0.3 is 22.7 Å². The molecule has 0 amide bonds. The molecule has 0 saturated heterocycles. The molecule has 0 aromatic rings. The van der Waals surface area contributed by atoms with E-state index in [0.29, 0.717) is 0 Å². The molecular weight excluding hydrogens is 184 g/mol. The Labute approximate surface area is 61.5 Å². The topological polar surface area (TPSA) is 93.1 Å². The predicted molar refractivity (Wildman–Crippen MR) is 31.5 cm³/mol. The van der Waals surface area contributed by atoms with E-state index in [-0.39, 0.29) is 0 Å². The zero-order valence-corrected chi connectivity index (χ0v) is 5.98. The van der Waals surface area contributed by atoms with Crippen LogP contribution in [0.15, 0.2) is 0 Å². The molecule has 0 bridgehead atoms. The van der Waals surface area contributed by atoms with Crippen molar-refractivity contribution in [3.8, 4) is 12.2 Å². The van der Waals surface area contributed by atoms with Gasteiger partial charge in [0.15, 0.2) is 12.2 Å². The van der Waals surface area contributed by atoms with Crippen molar-refractivity contribution in [3.63, 3.8) is 0 Å². The lowest BCUT2D eigenvalue weighted by atomic mass is 11.2. The van der Waals surface area contributed by atoms with Crippen LogP contribution in [0.1, 0.15) is 0 Å². The highest BCUT2D eigenvalue weighted by molar-refractivity contribution is 7.74. The van der Waals surface area contributed by atoms with E-state index >= 15 is 0 Å². The van der Waals surface area contributed by atoms with Gasteiger partial charge < -0.3 is 8.37 Å². The molecule has 0 aliphatic rings. The van der Waals surface area contributed by atoms with Crippen LogP contribution in [0.3, 0.4) is 0 Å². The smallest absolute Gasteiger partial charge is 0.322 e. The van der Waals surface area contributed by atoms with E-state index in [1.165, 1.54) is 0 Å². The molecule has 0 rings (SSSR count). The Kier molecular flexibility index (Phi) is 4.87. The van der Waals surface area contributed by atoms with Crippen LogP contribution in [-0.4, -0.2) is 17.5 Å². The van der Waals surface area contributed by atoms with Crippen LogP contribution in [0.25, 0.3) is 0 Å². The molecule has 0 spiro atoms. The van der Waals surface area contributed by atoms with Crippen molar-refractivity contribution in [2.24, 2.45) is 0 Å². The Bertz CT molecular complexity index is 180. The maximum Gasteiger partial charge on any atom is 0.366 e. The maximum atomic E-state index is 9.64. The molecule has 6 nitrogen and oxygen atoms in total. The highest BCUT2D eigenvalue weighted by Gasteiger charge is 1.87. The lowest BCUT2D eigenvalue weighted by molar-refractivity contribution is 0.417. The normalized spacial score (nSPS) is 14.2. The fraction of sp³-hybridized carbons (Fsp3) is 0. The third kappa shape index (κ3) is 7.38. The van der Waals surface area contributed by atoms with Gasteiger partial charge in [0.2, 0.25) is 0 Å². The zero-order valence-electron chi connectivity index (χ0n) is 4.34. The van der Waals surface area contributed by atoms with Gasteiger partial charge in [-0.2, -0.15) is 8.42 Å². The summed E-state index contributed by atoms with van der Waals surface area (Å²) >= 11 is -5.03. The Balaban J connectivity index is 3.51. The van der Waals surface area contributed by atoms with Crippen molar-refractivity contribution in [1.29, 1.82) is 0 Å². The zero-order chi connectivity index (χ0) is 7.98. The maximum absolute atomic E-state index is 9.64. The van der Waals surface area contributed by atoms with Gasteiger partial charge in [0.25, 0.3) is 0 Å². The molecule has 0 aromatic heterocycles. The molecule has 0 saturated carbocycles. The summed E-state index contributed by atoms with van der Waals surface area (Å²) in [6.45, 7) is 0. The molecule has 8 heteroatoms. The quantitative estimate of drug-likeness (QED) is 0.433. The van der Waals surface area contributed by atoms with Crippen LogP contribution in [0, 0.1) is 12.2 Å². The van der Waals surface area contributed by atoms with Crippen LogP contribution >= 0.6 is 0 Å². The van der Waals surface area contributed by atoms with Crippen LogP contribution in [0.5, 0.6) is 0 Å². The fourth-order valence-electron chi connectivity index (χ4n) is 0.105. The summed E-state index contributed by atoms with van der Waals surface area (Å²) in [5.74, 6) is 0. The average molecular weight is 186 g/mol. The van der Waals surface area contributed by atoms with E-state index in [1.807, 2.05) is 0 Å². The lowest BCUT2D eigenvalue weighted by Crippen LogP contribution is -1.89. The van der Waals surface area contributed by atoms with E-state index in [1.54, 1.807) is 12.2 Å². The minimum atomic E-state index is -2.51. The van der Waals surface area contributed by atoms with Crippen molar-refractivity contribution in [3.05, 3.63) is 0 Å². The van der Waals surface area contributed by atoms with Gasteiger partial charge in [-0.25, -0.2) is 0 Å². The minimum Gasteiger partial charge on any atom is -0.322 e. The summed E-state index contributed by atoms with van der Waals surface area (Å²) < 4.78 is 42.4. The number of rotatable bonds is 2. The van der Waals surface area contributed by atoms with Crippen molar-refractivity contribution in [1.82, 2.24) is 0 Å². The van der Waals surface area contributed by atoms with Crippen molar-refractivity contribution < 1.29 is 25.9 Å². The second-order valence-electron chi connectivity index (χ2n) is 0.805. The Morgan fingerprint density at radius 2 is 1.30 bits per heavy atom. The molecule has 0 fully saturated rings. The SMILES string of the molecule is O=S(O)OC#COS(=O)O. The first kappa shape index (κ1) is 9.38. The molecule has 2 atom stereocenters. The molecule has 0 aliphatic carbocycles. The number of hydrogen-bond acceptors (Lipinski definition) is 4. The van der Waals surface area contributed by atoms with Gasteiger partial charge in [-0.05, 0) is 0 Å². The number of hydrogen-bond donors (Lipinski definition) is 2. The van der Waals surface area contributed by atoms with Gasteiger partial charge in [0, 0.05) is 0 Å². The van der Waals surface area contributed by atoms with Gasteiger partial charge in [-0.15, -0.1) is 0 Å². The molecule has 0 aliphatic heterocycles. The van der Waals surface area contributed by atoms with E-state index in [4.69, 9.17) is 9.11 Å². The fourth-order valence-corrected chi connectivity index (χ4v) is 0.316. The molecule has 0 radical (unpaired) electrons. The average Bonchev–Trinajstić information content (AvgIpc) is 1.79. The molecule has 10 heavy (non-hydrogen) atoms. The first-order chi connectivity index (χ1) is 4.63. The van der Waals surface area contributed by atoms with Crippen LogP contribution < -0.4 is 0 Å². The highest BCUT2D eigenvalue weighted by atomic mass is 32.2. The monoisotopic (exact) mass is 186 g/mol. The van der Waals surface area contributed by atoms with Crippen molar-refractivity contribution in [2.45, 2.75) is 0 Å². The van der Waals surface area contributed by atoms with Crippen LogP contribution in [0.4, 0.5) is 0 Å². The van der Waals surface area contributed by atoms with Crippen molar-refractivity contribution in [2.75, 3.05) is 0 Å². The summed E-state index contributed by atoms with van der Waals surface area (Å²) in [4.78, 5) is 0. The standard InChI is InChI=1S/C2H2O6S2/c3-9(4)7-1-2-8-10(5)6/h(H,3,4)(H,5,6). The summed E-state index contributed by atoms with van der Waals surface area (Å²) in [7, 11) is 0. The van der Waals surface area contributed by atoms with E-state index in [2.05, 4.69) is 8.37 Å². The molecule has 2 unspecified atom stereocenters. The summed E-state index contributed by atoms with van der Waals surface area (Å²) in [5, 5.41) is 0. The molecular formula is C2H2O6S2. The first-order valence-corrected chi connectivity index (χ1v) is 3.75. The molecule has 2 N–H and O–H groups in total. The summed E-state index contributed by atoms with van der Waals surface area (Å²) in [6, 6.07) is 0. The minimum absolute atomic E-state index is 1.54. The third-order valence-corrected chi connectivity index (χ3v) is 0.719. The highest BCUT2D eigenvalue weighted by Crippen LogP contribution is 1.76. The second-order valence-corrected chi connectivity index (χ2v) is 2.01. The largest absolute Gasteiger partial charge is 0.366 e. The van der Waals surface area contributed by atoms with E-state index < -0.39 is 22.7 Å². The van der Waals surface area contributed by atoms with Gasteiger partial charge in [-0.3, -0.25) is 9.11 Å². The Hall–Kier alpha value is -0.620. The summed E-state index contributed by atoms with van der Waals surface area (Å²) in [6.07, 6.45) is 3.08. The van der Waals surface area contributed by atoms with Gasteiger partial charge in [0.1, 0.15) is 0 Å². The van der Waals surface area contributed by atoms with Gasteiger partial charge in [-0.1, -0.05) is 0 Å². The van der Waals surface area contributed by atoms with Crippen LogP contribution in [0.2, 0.25) is 0 Å². The van der Waals surface area contributed by atoms with Gasteiger partial charge in [0.05, 0.1) is 0 Å². The van der Waals surface area contributed by atoms with Crippen molar-refractivity contribution >= 4 is 22.7 Å². The molecule has 0 heterocycles. The first-order valence-electron chi connectivity index (χ1n) is 1.69. The second kappa shape index (κ2) is 5.19. The van der Waals surface area contributed by atoms with Crippen LogP contribution in [-0.2, 0) is 31.1 Å². The Morgan fingerprint density at radius 1 is 1.00 bits per heavy atom. The molecule has 0 aromatic carbocycles. The summed E-state index contributed by atoms with van der Waals surface area (Å²) in [5.41, 5.74) is 0. The Morgan fingerprint density at radius 3 is 1.50 bits per heavy atom. The van der Waals surface area contributed by atoms with E-state index in [9.17, 15) is 8.42 Å². The lowest BCUT2D eigenvalue weighted by Gasteiger charge is -1.83. The van der Waals surface area contributed by atoms with E-state index in [0.717, 1.165) is 0 Å². The third-order valence-electron chi connectivity index (χ3n) is 0.268. The predicted octanol–water partition coefficient (Wildman–Crippen LogP) is -0.789. The molecule has 58 valence electrons.